The molecule has 0 spiro atoms. The van der Waals surface area contributed by atoms with Crippen LogP contribution in [0.2, 0.25) is 0 Å². The molecule has 11 heteroatoms. The first-order chi connectivity index (χ1) is 18.8. The topological polar surface area (TPSA) is 139 Å². The number of nitrogens with two attached hydrogens (primary N) is 1. The lowest BCUT2D eigenvalue weighted by atomic mass is 10.1. The van der Waals surface area contributed by atoms with Gasteiger partial charge in [-0.3, -0.25) is 4.79 Å². The van der Waals surface area contributed by atoms with Crippen molar-refractivity contribution < 1.29 is 14.7 Å². The first-order valence-electron chi connectivity index (χ1n) is 12.3. The van der Waals surface area contributed by atoms with E-state index in [9.17, 15) is 14.7 Å². The van der Waals surface area contributed by atoms with Crippen LogP contribution in [0, 0.1) is 0 Å². The predicted octanol–water partition coefficient (Wildman–Crippen LogP) is 4.51. The maximum Gasteiger partial charge on any atom is 0.407 e. The molecule has 5 rings (SSSR count). The quantitative estimate of drug-likeness (QED) is 0.233. The van der Waals surface area contributed by atoms with Crippen molar-refractivity contribution >= 4 is 51.3 Å². The smallest absolute Gasteiger partial charge is 0.407 e. The highest BCUT2D eigenvalue weighted by Gasteiger charge is 2.19. The lowest BCUT2D eigenvalue weighted by Gasteiger charge is -2.20. The molecule has 3 aromatic heterocycles. The van der Waals surface area contributed by atoms with Crippen LogP contribution in [0.5, 0.6) is 0 Å². The molecule has 0 aliphatic carbocycles. The Hall–Kier alpha value is -4.77. The Balaban J connectivity index is 1.42. The number of rotatable bonds is 9. The van der Waals surface area contributed by atoms with E-state index >= 15 is 0 Å². The highest BCUT2D eigenvalue weighted by molar-refractivity contribution is 7.03. The van der Waals surface area contributed by atoms with Gasteiger partial charge in [0, 0.05) is 48.1 Å². The Kier molecular flexibility index (Phi) is 7.24. The van der Waals surface area contributed by atoms with Gasteiger partial charge in [0.2, 0.25) is 5.91 Å². The van der Waals surface area contributed by atoms with Gasteiger partial charge in [-0.2, -0.15) is 0 Å². The van der Waals surface area contributed by atoms with Crippen molar-refractivity contribution in [1.29, 1.82) is 0 Å². The van der Waals surface area contributed by atoms with Gasteiger partial charge in [-0.05, 0) is 35.6 Å². The summed E-state index contributed by atoms with van der Waals surface area (Å²) in [6.45, 7) is 6.28. The van der Waals surface area contributed by atoms with Crippen molar-refractivity contribution in [2.45, 2.75) is 20.0 Å². The van der Waals surface area contributed by atoms with Crippen molar-refractivity contribution in [3.8, 4) is 11.4 Å². The average molecular weight is 542 g/mol. The molecule has 5 aromatic rings. The molecule has 0 unspecified atom stereocenters. The van der Waals surface area contributed by atoms with E-state index in [2.05, 4.69) is 25.8 Å². The van der Waals surface area contributed by atoms with Crippen LogP contribution in [0.25, 0.3) is 33.3 Å². The number of fused-ring (bicyclic) bond motifs is 3. The molecule has 0 aliphatic rings. The van der Waals surface area contributed by atoms with Crippen LogP contribution in [0.15, 0.2) is 72.3 Å². The van der Waals surface area contributed by atoms with Gasteiger partial charge < -0.3 is 25.6 Å². The minimum atomic E-state index is -1.05. The summed E-state index contributed by atoms with van der Waals surface area (Å²) in [6.07, 6.45) is 0.733. The summed E-state index contributed by atoms with van der Waals surface area (Å²) in [4.78, 5) is 34.1. The number of benzene rings is 2. The van der Waals surface area contributed by atoms with Gasteiger partial charge in [-0.15, -0.1) is 0 Å². The minimum absolute atomic E-state index is 0.164. The molecule has 0 saturated carbocycles. The first-order valence-corrected chi connectivity index (χ1v) is 13.1. The lowest BCUT2D eigenvalue weighted by Crippen LogP contribution is -2.37. The molecule has 198 valence electrons. The third kappa shape index (κ3) is 5.43. The van der Waals surface area contributed by atoms with E-state index in [1.54, 1.807) is 13.1 Å². The fourth-order valence-electron chi connectivity index (χ4n) is 4.40. The predicted molar refractivity (Wildman–Crippen MR) is 152 cm³/mol. The molecule has 0 fully saturated rings. The Morgan fingerprint density at radius 3 is 2.56 bits per heavy atom. The highest BCUT2D eigenvalue weighted by Crippen LogP contribution is 2.33. The van der Waals surface area contributed by atoms with Gasteiger partial charge in [0.25, 0.3) is 0 Å². The second kappa shape index (κ2) is 10.9. The molecule has 0 radical (unpaired) electrons. The van der Waals surface area contributed by atoms with Crippen molar-refractivity contribution in [2.24, 2.45) is 0 Å². The molecular weight excluding hydrogens is 514 g/mol. The van der Waals surface area contributed by atoms with E-state index in [0.29, 0.717) is 23.5 Å². The number of pyridine rings is 1. The molecule has 0 aliphatic heterocycles. The molecule has 4 N–H and O–H groups in total. The average Bonchev–Trinajstić information content (AvgIpc) is 3.58. The number of nitrogens with one attached hydrogen (secondary N) is 1. The number of hydrogen-bond acceptors (Lipinski definition) is 7. The molecular formula is C28H27N7O3S. The number of carbonyl (C=O) groups is 2. The zero-order valence-corrected chi connectivity index (χ0v) is 22.1. The van der Waals surface area contributed by atoms with Gasteiger partial charge in [0.15, 0.2) is 5.82 Å². The van der Waals surface area contributed by atoms with E-state index in [1.165, 1.54) is 16.4 Å². The first kappa shape index (κ1) is 25.9. The van der Waals surface area contributed by atoms with E-state index in [4.69, 9.17) is 10.7 Å². The number of hydrogen-bond donors (Lipinski definition) is 3. The van der Waals surface area contributed by atoms with E-state index in [1.807, 2.05) is 53.9 Å². The van der Waals surface area contributed by atoms with E-state index < -0.39 is 6.09 Å². The Morgan fingerprint density at radius 1 is 1.13 bits per heavy atom. The number of nitrogen functional groups attached to an aromatic ring is 1. The minimum Gasteiger partial charge on any atom is -0.465 e. The summed E-state index contributed by atoms with van der Waals surface area (Å²) in [6, 6.07) is 15.6. The summed E-state index contributed by atoms with van der Waals surface area (Å²) in [5.41, 5.74) is 11.8. The Bertz CT molecular complexity index is 1680. The SMILES string of the molecule is C=C(C)C(=O)NCCN(Cc1ccc(Cn2c(-c3cnsc3)nc3c(N)nc4ccccc4c32)cc1)C(=O)O. The summed E-state index contributed by atoms with van der Waals surface area (Å²) in [5, 5.41) is 15.2. The number of imidazole rings is 1. The third-order valence-corrected chi connectivity index (χ3v) is 6.95. The molecule has 0 atom stereocenters. The van der Waals surface area contributed by atoms with Crippen LogP contribution >= 0.6 is 11.5 Å². The normalized spacial score (nSPS) is 11.1. The van der Waals surface area contributed by atoms with Crippen molar-refractivity contribution in [3.05, 3.63) is 83.4 Å². The largest absolute Gasteiger partial charge is 0.465 e. The van der Waals surface area contributed by atoms with Crippen LogP contribution in [0.1, 0.15) is 18.1 Å². The van der Waals surface area contributed by atoms with Crippen LogP contribution in [-0.4, -0.2) is 54.0 Å². The third-order valence-electron chi connectivity index (χ3n) is 6.36. The standard InChI is InChI=1S/C28H27N7O3S/c1-17(2)27(36)30-11-12-34(28(37)38)14-18-7-9-19(10-8-18)15-35-24-21-5-3-4-6-22(21)32-25(29)23(24)33-26(35)20-13-31-39-16-20/h3-10,13,16H,1,11-12,14-15H2,2H3,(H2,29,32)(H,30,36)(H,37,38). The van der Waals surface area contributed by atoms with Crippen LogP contribution in [-0.2, 0) is 17.9 Å². The number of carbonyl (C=O) groups excluding carboxylic acids is 1. The number of carboxylic acid groups (broad SMARTS) is 1. The second-order valence-electron chi connectivity index (χ2n) is 9.20. The summed E-state index contributed by atoms with van der Waals surface area (Å²) in [5.74, 6) is 0.830. The summed E-state index contributed by atoms with van der Waals surface area (Å²) < 4.78 is 6.38. The van der Waals surface area contributed by atoms with Crippen LogP contribution in [0.3, 0.4) is 0 Å². The summed E-state index contributed by atoms with van der Waals surface area (Å²) in [7, 11) is 0. The fraction of sp³-hybridized carbons (Fsp3) is 0.179. The monoisotopic (exact) mass is 541 g/mol. The van der Waals surface area contributed by atoms with Gasteiger partial charge in [0.1, 0.15) is 11.3 Å². The number of para-hydroxylation sites is 1. The second-order valence-corrected chi connectivity index (χ2v) is 9.86. The summed E-state index contributed by atoms with van der Waals surface area (Å²) >= 11 is 1.36. The zero-order chi connectivity index (χ0) is 27.5. The maximum absolute atomic E-state index is 11.8. The van der Waals surface area contributed by atoms with Gasteiger partial charge >= 0.3 is 6.09 Å². The van der Waals surface area contributed by atoms with Gasteiger partial charge in [0.05, 0.1) is 17.2 Å². The van der Waals surface area contributed by atoms with E-state index in [-0.39, 0.29) is 25.5 Å². The molecule has 0 saturated heterocycles. The van der Waals surface area contributed by atoms with Gasteiger partial charge in [-0.25, -0.2) is 19.1 Å². The highest BCUT2D eigenvalue weighted by atomic mass is 32.1. The van der Waals surface area contributed by atoms with Crippen LogP contribution < -0.4 is 11.1 Å². The van der Waals surface area contributed by atoms with Crippen molar-refractivity contribution in [1.82, 2.24) is 29.1 Å². The maximum atomic E-state index is 11.8. The number of aromatic nitrogens is 4. The number of nitrogens with zero attached hydrogens (tertiary/aromatic N) is 5. The number of amides is 2. The fourth-order valence-corrected chi connectivity index (χ4v) is 4.91. The lowest BCUT2D eigenvalue weighted by molar-refractivity contribution is -0.117. The van der Waals surface area contributed by atoms with E-state index in [0.717, 1.165) is 38.9 Å². The molecule has 3 heterocycles. The van der Waals surface area contributed by atoms with Crippen molar-refractivity contribution in [3.63, 3.8) is 0 Å². The molecule has 10 nitrogen and oxygen atoms in total. The van der Waals surface area contributed by atoms with Crippen LogP contribution in [0.4, 0.5) is 10.6 Å². The van der Waals surface area contributed by atoms with Crippen molar-refractivity contribution in [2.75, 3.05) is 18.8 Å². The molecule has 2 aromatic carbocycles. The Labute approximate surface area is 228 Å². The molecule has 2 amide bonds. The molecule has 0 bridgehead atoms. The van der Waals surface area contributed by atoms with Gasteiger partial charge in [-0.1, -0.05) is 49.0 Å². The molecule has 39 heavy (non-hydrogen) atoms. The Morgan fingerprint density at radius 2 is 1.87 bits per heavy atom. The zero-order valence-electron chi connectivity index (χ0n) is 21.3. The number of anilines is 1.